The minimum absolute atomic E-state index is 0.153. The van der Waals surface area contributed by atoms with Gasteiger partial charge in [-0.1, -0.05) is 0 Å². The van der Waals surface area contributed by atoms with Crippen LogP contribution in [0.15, 0.2) is 42.5 Å². The second-order valence-electron chi connectivity index (χ2n) is 8.15. The summed E-state index contributed by atoms with van der Waals surface area (Å²) >= 11 is 0. The number of phenols is 4. The highest BCUT2D eigenvalue weighted by Gasteiger charge is 2.20. The Morgan fingerprint density at radius 3 is 1.26 bits per heavy atom. The predicted octanol–water partition coefficient (Wildman–Crippen LogP) is 1.97. The number of phenolic OH excluding ortho intramolecular Hbond substituents is 4. The lowest BCUT2D eigenvalue weighted by Crippen LogP contribution is -2.16. The van der Waals surface area contributed by atoms with Gasteiger partial charge in [0.1, 0.15) is 23.0 Å². The zero-order valence-corrected chi connectivity index (χ0v) is 19.6. The molecule has 14 nitrogen and oxygen atoms in total. The van der Waals surface area contributed by atoms with E-state index in [-0.39, 0.29) is 22.5 Å². The maximum absolute atomic E-state index is 12.7. The van der Waals surface area contributed by atoms with Crippen LogP contribution in [0.4, 0.5) is 11.4 Å². The molecule has 202 valence electrons. The van der Waals surface area contributed by atoms with Crippen molar-refractivity contribution in [3.05, 3.63) is 70.3 Å². The van der Waals surface area contributed by atoms with Crippen molar-refractivity contribution in [2.24, 2.45) is 0 Å². The van der Waals surface area contributed by atoms with Gasteiger partial charge in [0, 0.05) is 22.5 Å². The largest absolute Gasteiger partial charge is 0.508 e. The molecule has 39 heavy (non-hydrogen) atoms. The van der Waals surface area contributed by atoms with Gasteiger partial charge in [-0.2, -0.15) is 0 Å². The van der Waals surface area contributed by atoms with E-state index >= 15 is 0 Å². The van der Waals surface area contributed by atoms with Crippen LogP contribution in [0.1, 0.15) is 42.2 Å². The van der Waals surface area contributed by atoms with Gasteiger partial charge in [0.15, 0.2) is 0 Å². The van der Waals surface area contributed by atoms with Crippen LogP contribution in [0.2, 0.25) is 0 Å². The molecule has 0 aromatic heterocycles. The Morgan fingerprint density at radius 2 is 0.923 bits per heavy atom. The minimum Gasteiger partial charge on any atom is -0.508 e. The van der Waals surface area contributed by atoms with E-state index in [0.29, 0.717) is 0 Å². The van der Waals surface area contributed by atoms with Crippen molar-refractivity contribution in [1.82, 2.24) is 0 Å². The molecule has 0 radical (unpaired) electrons. The second-order valence-corrected chi connectivity index (χ2v) is 8.15. The molecule has 2 amide bonds. The summed E-state index contributed by atoms with van der Waals surface area (Å²) in [7, 11) is 0. The number of aromatic hydroxyl groups is 4. The van der Waals surface area contributed by atoms with E-state index in [9.17, 15) is 49.5 Å². The highest BCUT2D eigenvalue weighted by molar-refractivity contribution is 6.09. The molecule has 0 spiro atoms. The van der Waals surface area contributed by atoms with E-state index in [1.165, 1.54) is 0 Å². The lowest BCUT2D eigenvalue weighted by molar-refractivity contribution is -0.137. The Balaban J connectivity index is 1.89. The first kappa shape index (κ1) is 27.8. The molecule has 14 heteroatoms. The minimum atomic E-state index is -1.45. The van der Waals surface area contributed by atoms with Crippen LogP contribution in [0, 0.1) is 0 Å². The summed E-state index contributed by atoms with van der Waals surface area (Å²) in [5, 5.41) is 72.0. The summed E-state index contributed by atoms with van der Waals surface area (Å²) in [4.78, 5) is 58.8. The van der Waals surface area contributed by atoms with E-state index in [0.717, 1.165) is 42.5 Å². The number of aromatic carboxylic acids is 1. The average Bonchev–Trinajstić information content (AvgIpc) is 2.82. The fraction of sp³-hybridized carbons (Fsp3) is 0.0800. The van der Waals surface area contributed by atoms with E-state index in [2.05, 4.69) is 10.6 Å². The fourth-order valence-electron chi connectivity index (χ4n) is 3.51. The Labute approximate surface area is 218 Å². The molecule has 0 bridgehead atoms. The number of benzene rings is 3. The van der Waals surface area contributed by atoms with Gasteiger partial charge in [-0.15, -0.1) is 0 Å². The number of carbonyl (C=O) groups excluding carboxylic acids is 2. The molecular formula is C25H20N2O12. The van der Waals surface area contributed by atoms with Crippen molar-refractivity contribution in [3.8, 4) is 23.0 Å². The Hall–Kier alpha value is -5.79. The van der Waals surface area contributed by atoms with E-state index in [4.69, 9.17) is 10.2 Å². The Morgan fingerprint density at radius 1 is 0.538 bits per heavy atom. The molecule has 0 aliphatic carbocycles. The summed E-state index contributed by atoms with van der Waals surface area (Å²) in [5.74, 6) is -8.53. The number of carbonyl (C=O) groups is 5. The predicted molar refractivity (Wildman–Crippen MR) is 132 cm³/mol. The van der Waals surface area contributed by atoms with Crippen LogP contribution in [-0.4, -0.2) is 65.5 Å². The van der Waals surface area contributed by atoms with E-state index in [1.807, 2.05) is 0 Å². The normalized spacial score (nSPS) is 10.5. The standard InChI is InChI=1S/C25H20N2O12/c28-17-8-15(19(30)3-10(17)5-21(32)33)23(36)26-13-1-12(25(38)39)2-14(7-13)27-24(37)16-9-18(29)11(4-20(16)31)6-22(34)35/h1-4,7-9,28-31H,5-6H2,(H,26,36)(H,27,37)(H,32,33)(H,34,35)(H,38,39). The molecule has 9 N–H and O–H groups in total. The van der Waals surface area contributed by atoms with Gasteiger partial charge >= 0.3 is 17.9 Å². The number of rotatable bonds is 9. The van der Waals surface area contributed by atoms with Gasteiger partial charge in [-0.3, -0.25) is 19.2 Å². The SMILES string of the molecule is O=C(O)Cc1cc(O)c(C(=O)Nc2cc(NC(=O)c3cc(O)c(CC(=O)O)cc3O)cc(C(=O)O)c2)cc1O. The lowest BCUT2D eigenvalue weighted by Gasteiger charge is -2.13. The van der Waals surface area contributed by atoms with Gasteiger partial charge in [0.05, 0.1) is 29.5 Å². The average molecular weight is 540 g/mol. The summed E-state index contributed by atoms with van der Waals surface area (Å²) < 4.78 is 0. The molecule has 0 aliphatic rings. The first-order valence-corrected chi connectivity index (χ1v) is 10.8. The zero-order valence-electron chi connectivity index (χ0n) is 19.6. The van der Waals surface area contributed by atoms with Crippen LogP contribution < -0.4 is 10.6 Å². The summed E-state index contributed by atoms with van der Waals surface area (Å²) in [6, 6.07) is 6.62. The number of hydrogen-bond donors (Lipinski definition) is 9. The Kier molecular flexibility index (Phi) is 7.90. The molecule has 0 saturated carbocycles. The number of amides is 2. The van der Waals surface area contributed by atoms with Crippen molar-refractivity contribution in [3.63, 3.8) is 0 Å². The lowest BCUT2D eigenvalue weighted by atomic mass is 10.0. The molecule has 3 rings (SSSR count). The van der Waals surface area contributed by atoms with Crippen LogP contribution in [-0.2, 0) is 22.4 Å². The number of nitrogens with one attached hydrogen (secondary N) is 2. The van der Waals surface area contributed by atoms with E-state index < -0.39 is 82.3 Å². The topological polar surface area (TPSA) is 251 Å². The smallest absolute Gasteiger partial charge is 0.335 e. The van der Waals surface area contributed by atoms with Gasteiger partial charge < -0.3 is 46.4 Å². The third-order valence-electron chi connectivity index (χ3n) is 5.26. The number of carboxylic acid groups (broad SMARTS) is 3. The maximum atomic E-state index is 12.7. The number of hydrogen-bond acceptors (Lipinski definition) is 9. The van der Waals surface area contributed by atoms with Gasteiger partial charge in [0.25, 0.3) is 11.8 Å². The number of carboxylic acids is 3. The van der Waals surface area contributed by atoms with Crippen molar-refractivity contribution in [2.75, 3.05) is 10.6 Å². The molecule has 0 unspecified atom stereocenters. The van der Waals surface area contributed by atoms with Crippen LogP contribution >= 0.6 is 0 Å². The van der Waals surface area contributed by atoms with Crippen molar-refractivity contribution in [1.29, 1.82) is 0 Å². The summed E-state index contributed by atoms with van der Waals surface area (Å²) in [6.07, 6.45) is -1.25. The molecule has 0 fully saturated rings. The molecule has 3 aromatic rings. The molecule has 0 saturated heterocycles. The van der Waals surface area contributed by atoms with Gasteiger partial charge in [0.2, 0.25) is 0 Å². The monoisotopic (exact) mass is 540 g/mol. The van der Waals surface area contributed by atoms with Crippen molar-refractivity contribution in [2.45, 2.75) is 12.8 Å². The molecule has 0 aliphatic heterocycles. The summed E-state index contributed by atoms with van der Waals surface area (Å²) in [5.41, 5.74) is -1.97. The third-order valence-corrected chi connectivity index (χ3v) is 5.26. The van der Waals surface area contributed by atoms with Crippen LogP contribution in [0.3, 0.4) is 0 Å². The zero-order chi connectivity index (χ0) is 29.0. The molecule has 0 heterocycles. The molecular weight excluding hydrogens is 520 g/mol. The van der Waals surface area contributed by atoms with E-state index in [1.54, 1.807) is 0 Å². The van der Waals surface area contributed by atoms with Gasteiger partial charge in [-0.05, 0) is 42.5 Å². The quantitative estimate of drug-likeness (QED) is 0.177. The highest BCUT2D eigenvalue weighted by Crippen LogP contribution is 2.31. The summed E-state index contributed by atoms with van der Waals surface area (Å²) in [6.45, 7) is 0. The van der Waals surface area contributed by atoms with Crippen molar-refractivity contribution < 1.29 is 59.7 Å². The number of aliphatic carboxylic acids is 2. The second kappa shape index (κ2) is 11.1. The third kappa shape index (κ3) is 6.71. The fourth-order valence-corrected chi connectivity index (χ4v) is 3.51. The van der Waals surface area contributed by atoms with Crippen LogP contribution in [0.5, 0.6) is 23.0 Å². The Bertz CT molecular complexity index is 1430. The number of anilines is 2. The van der Waals surface area contributed by atoms with Crippen molar-refractivity contribution >= 4 is 41.1 Å². The highest BCUT2D eigenvalue weighted by atomic mass is 16.4. The first-order valence-electron chi connectivity index (χ1n) is 10.8. The molecule has 3 aromatic carbocycles. The first-order chi connectivity index (χ1) is 18.2. The molecule has 0 atom stereocenters. The van der Waals surface area contributed by atoms with Crippen LogP contribution in [0.25, 0.3) is 0 Å². The van der Waals surface area contributed by atoms with Gasteiger partial charge in [-0.25, -0.2) is 4.79 Å². The maximum Gasteiger partial charge on any atom is 0.335 e.